The first-order chi connectivity index (χ1) is 14.4. The molecule has 4 rings (SSSR count). The van der Waals surface area contributed by atoms with Crippen LogP contribution in [0.15, 0.2) is 115 Å². The summed E-state index contributed by atoms with van der Waals surface area (Å²) in [6.45, 7) is 0.246. The topological polar surface area (TPSA) is 18.5 Å². The average Bonchev–Trinajstić information content (AvgIpc) is 2.81. The summed E-state index contributed by atoms with van der Waals surface area (Å²) in [5.41, 5.74) is 0. The van der Waals surface area contributed by atoms with E-state index < -0.39 is 7.26 Å². The molecule has 0 bridgehead atoms. The predicted molar refractivity (Wildman–Crippen MR) is 124 cm³/mol. The molecule has 2 nitrogen and oxygen atoms in total. The van der Waals surface area contributed by atoms with Gasteiger partial charge in [0.1, 0.15) is 34.2 Å². The minimum Gasteiger partial charge on any atom is -0.468 e. The van der Waals surface area contributed by atoms with Gasteiger partial charge in [-0.1, -0.05) is 54.6 Å². The molecule has 4 aromatic rings. The van der Waals surface area contributed by atoms with Crippen LogP contribution >= 0.6 is 7.26 Å². The molecule has 0 heterocycles. The fourth-order valence-corrected chi connectivity index (χ4v) is 7.99. The molecule has 0 saturated carbocycles. The molecule has 4 aromatic carbocycles. The Hall–Kier alpha value is -2.93. The smallest absolute Gasteiger partial charge is 0.188 e. The second-order valence-electron chi connectivity index (χ2n) is 6.72. The summed E-state index contributed by atoms with van der Waals surface area (Å²) in [7, 11) is -0.408. The van der Waals surface area contributed by atoms with Gasteiger partial charge in [0.15, 0.2) is 6.79 Å². The molecular weight excluding hydrogens is 375 g/mol. The Morgan fingerprint density at radius 3 is 1.28 bits per heavy atom. The first-order valence-electron chi connectivity index (χ1n) is 9.64. The van der Waals surface area contributed by atoms with Crippen molar-refractivity contribution in [1.29, 1.82) is 0 Å². The van der Waals surface area contributed by atoms with Crippen LogP contribution in [0.2, 0.25) is 0 Å². The molecule has 0 amide bonds. The lowest BCUT2D eigenvalue weighted by atomic mass is 10.3. The van der Waals surface area contributed by atoms with Gasteiger partial charge in [-0.3, -0.25) is 0 Å². The molecule has 0 fully saturated rings. The maximum atomic E-state index is 5.63. The van der Waals surface area contributed by atoms with Crippen molar-refractivity contribution in [3.05, 3.63) is 115 Å². The molecule has 3 heteroatoms. The van der Waals surface area contributed by atoms with Crippen LogP contribution in [0.3, 0.4) is 0 Å². The number of rotatable bonds is 7. The van der Waals surface area contributed by atoms with Crippen molar-refractivity contribution in [3.8, 4) is 5.75 Å². The van der Waals surface area contributed by atoms with Gasteiger partial charge in [0, 0.05) is 7.11 Å². The van der Waals surface area contributed by atoms with Crippen LogP contribution in [0.1, 0.15) is 0 Å². The van der Waals surface area contributed by atoms with Crippen LogP contribution in [0, 0.1) is 0 Å². The van der Waals surface area contributed by atoms with Gasteiger partial charge in [-0.25, -0.2) is 0 Å². The molecule has 144 valence electrons. The highest BCUT2D eigenvalue weighted by Gasteiger charge is 2.47. The number of hydrogen-bond donors (Lipinski definition) is 0. The zero-order chi connectivity index (χ0) is 19.9. The second-order valence-corrected chi connectivity index (χ2v) is 10.1. The molecule has 0 saturated heterocycles. The average molecular weight is 399 g/mol. The summed E-state index contributed by atoms with van der Waals surface area (Å²) in [5, 5.41) is 5.31. The molecule has 0 unspecified atom stereocenters. The second kappa shape index (κ2) is 9.05. The van der Waals surface area contributed by atoms with E-state index in [0.29, 0.717) is 0 Å². The van der Waals surface area contributed by atoms with E-state index in [1.807, 2.05) is 12.1 Å². The molecular formula is C26H24O2P+. The van der Waals surface area contributed by atoms with Crippen molar-refractivity contribution in [3.63, 3.8) is 0 Å². The Morgan fingerprint density at radius 2 is 0.897 bits per heavy atom. The van der Waals surface area contributed by atoms with Crippen LogP contribution in [0.25, 0.3) is 0 Å². The lowest BCUT2D eigenvalue weighted by molar-refractivity contribution is 0.0511. The van der Waals surface area contributed by atoms with Gasteiger partial charge >= 0.3 is 0 Å². The van der Waals surface area contributed by atoms with Crippen molar-refractivity contribution < 1.29 is 9.47 Å². The van der Waals surface area contributed by atoms with Crippen molar-refractivity contribution in [2.24, 2.45) is 0 Å². The van der Waals surface area contributed by atoms with Gasteiger partial charge in [-0.05, 0) is 60.7 Å². The third-order valence-electron chi connectivity index (χ3n) is 5.00. The molecule has 0 aliphatic heterocycles. The van der Waals surface area contributed by atoms with Gasteiger partial charge in [-0.15, -0.1) is 0 Å². The summed E-state index contributed by atoms with van der Waals surface area (Å²) in [4.78, 5) is 0. The Morgan fingerprint density at radius 1 is 0.517 bits per heavy atom. The summed E-state index contributed by atoms with van der Waals surface area (Å²) in [6.07, 6.45) is 0. The highest BCUT2D eigenvalue weighted by atomic mass is 31.2. The summed E-state index contributed by atoms with van der Waals surface area (Å²) >= 11 is 0. The number of ether oxygens (including phenoxy) is 2. The number of benzene rings is 4. The fraction of sp³-hybridized carbons (Fsp3) is 0.0769. The molecule has 29 heavy (non-hydrogen) atoms. The van der Waals surface area contributed by atoms with Crippen LogP contribution in [0.4, 0.5) is 0 Å². The van der Waals surface area contributed by atoms with Gasteiger partial charge in [0.05, 0.1) is 0 Å². The minimum absolute atomic E-state index is 0.246. The van der Waals surface area contributed by atoms with Crippen LogP contribution in [-0.4, -0.2) is 13.9 Å². The normalized spacial score (nSPS) is 11.2. The van der Waals surface area contributed by atoms with E-state index in [1.165, 1.54) is 21.2 Å². The number of methoxy groups -OCH3 is 1. The van der Waals surface area contributed by atoms with Crippen molar-refractivity contribution in [1.82, 2.24) is 0 Å². The van der Waals surface area contributed by atoms with Crippen LogP contribution in [-0.2, 0) is 4.74 Å². The maximum Gasteiger partial charge on any atom is 0.188 e. The monoisotopic (exact) mass is 399 g/mol. The Kier molecular flexibility index (Phi) is 6.05. The fourth-order valence-electron chi connectivity index (χ4n) is 3.74. The van der Waals surface area contributed by atoms with E-state index in [2.05, 4.69) is 103 Å². The molecule has 0 aliphatic rings. The summed E-state index contributed by atoms with van der Waals surface area (Å²) < 4.78 is 10.7. The number of hydrogen-bond acceptors (Lipinski definition) is 2. The highest BCUT2D eigenvalue weighted by Crippen LogP contribution is 2.54. The zero-order valence-corrected chi connectivity index (χ0v) is 17.3. The third kappa shape index (κ3) is 3.82. The SMILES string of the molecule is COCOc1ccc([P+](c2ccccc2)(c2ccccc2)c2ccccc2)cc1. The van der Waals surface area contributed by atoms with Crippen molar-refractivity contribution in [2.75, 3.05) is 13.9 Å². The maximum absolute atomic E-state index is 5.63. The van der Waals surface area contributed by atoms with E-state index in [4.69, 9.17) is 9.47 Å². The quantitative estimate of drug-likeness (QED) is 0.341. The van der Waals surface area contributed by atoms with Crippen LogP contribution in [0.5, 0.6) is 5.75 Å². The summed E-state index contributed by atoms with van der Waals surface area (Å²) in [6, 6.07) is 41.0. The Labute approximate surface area is 173 Å². The summed E-state index contributed by atoms with van der Waals surface area (Å²) in [5.74, 6) is 0.808. The van der Waals surface area contributed by atoms with Gasteiger partial charge < -0.3 is 9.47 Å². The first-order valence-corrected chi connectivity index (χ1v) is 11.4. The third-order valence-corrected chi connectivity index (χ3v) is 9.29. The molecule has 0 radical (unpaired) electrons. The highest BCUT2D eigenvalue weighted by molar-refractivity contribution is 8.01. The zero-order valence-electron chi connectivity index (χ0n) is 16.4. The van der Waals surface area contributed by atoms with Crippen LogP contribution < -0.4 is 26.0 Å². The minimum atomic E-state index is -2.04. The van der Waals surface area contributed by atoms with E-state index in [0.717, 1.165) is 5.75 Å². The molecule has 0 aromatic heterocycles. The van der Waals surface area contributed by atoms with E-state index >= 15 is 0 Å². The predicted octanol–water partition coefficient (Wildman–Crippen LogP) is 4.29. The van der Waals surface area contributed by atoms with Gasteiger partial charge in [0.2, 0.25) is 0 Å². The van der Waals surface area contributed by atoms with E-state index in [1.54, 1.807) is 7.11 Å². The lowest BCUT2D eigenvalue weighted by Gasteiger charge is -2.27. The van der Waals surface area contributed by atoms with Crippen molar-refractivity contribution in [2.45, 2.75) is 0 Å². The lowest BCUT2D eigenvalue weighted by Crippen LogP contribution is -2.38. The molecule has 0 N–H and O–H groups in total. The largest absolute Gasteiger partial charge is 0.468 e. The molecule has 0 spiro atoms. The Balaban J connectivity index is 1.98. The van der Waals surface area contributed by atoms with E-state index in [-0.39, 0.29) is 6.79 Å². The standard InChI is InChI=1S/C26H24O2P/c1-27-21-28-22-17-19-26(20-18-22)29(23-11-5-2-6-12-23,24-13-7-3-8-14-24)25-15-9-4-10-16-25/h2-20H,21H2,1H3/q+1. The molecule has 0 aliphatic carbocycles. The van der Waals surface area contributed by atoms with Gasteiger partial charge in [-0.2, -0.15) is 0 Å². The van der Waals surface area contributed by atoms with Gasteiger partial charge in [0.25, 0.3) is 0 Å². The molecule has 0 atom stereocenters. The van der Waals surface area contributed by atoms with Crippen molar-refractivity contribution >= 4 is 28.5 Å². The van der Waals surface area contributed by atoms with E-state index in [9.17, 15) is 0 Å². The Bertz CT molecular complexity index is 920. The first kappa shape index (κ1) is 19.4.